The first-order chi connectivity index (χ1) is 13.2. The highest BCUT2D eigenvalue weighted by atomic mass is 35.5. The Labute approximate surface area is 175 Å². The smallest absolute Gasteiger partial charge is 0.262 e. The van der Waals surface area contributed by atoms with Gasteiger partial charge in [-0.3, -0.25) is 4.79 Å². The molecule has 1 amide bonds. The average Bonchev–Trinajstić information content (AvgIpc) is 2.64. The normalized spacial score (nSPS) is 11.5. The van der Waals surface area contributed by atoms with Crippen molar-refractivity contribution in [2.75, 3.05) is 25.0 Å². The van der Waals surface area contributed by atoms with E-state index in [0.29, 0.717) is 23.8 Å². The highest BCUT2D eigenvalue weighted by Crippen LogP contribution is 2.30. The third-order valence-electron chi connectivity index (χ3n) is 4.06. The van der Waals surface area contributed by atoms with Gasteiger partial charge in [-0.1, -0.05) is 43.1 Å². The Morgan fingerprint density at radius 3 is 2.32 bits per heavy atom. The first-order valence-corrected chi connectivity index (χ1v) is 10.9. The molecule has 0 atom stereocenters. The summed E-state index contributed by atoms with van der Waals surface area (Å²) < 4.78 is 32.5. The van der Waals surface area contributed by atoms with Crippen LogP contribution in [0.3, 0.4) is 0 Å². The van der Waals surface area contributed by atoms with E-state index in [9.17, 15) is 13.2 Å². The van der Waals surface area contributed by atoms with Crippen LogP contribution in [-0.2, 0) is 14.8 Å². The van der Waals surface area contributed by atoms with Gasteiger partial charge in [0.2, 0.25) is 10.0 Å². The van der Waals surface area contributed by atoms with Crippen LogP contribution in [0.25, 0.3) is 0 Å². The van der Waals surface area contributed by atoms with Crippen LogP contribution in [0, 0.1) is 6.92 Å². The summed E-state index contributed by atoms with van der Waals surface area (Å²) >= 11 is 11.9. The Balaban J connectivity index is 2.20. The number of carbonyl (C=O) groups excluding carboxylic acids is 1. The SMILES string of the molecule is CCN(CC)S(=O)(=O)c1cc(Cl)ccc1OCC(=O)Nc1cc(Cl)ccc1C. The second kappa shape index (κ2) is 9.60. The molecule has 0 aliphatic carbocycles. The van der Waals surface area contributed by atoms with Gasteiger partial charge in [-0.05, 0) is 42.8 Å². The third kappa shape index (κ3) is 5.38. The van der Waals surface area contributed by atoms with Crippen LogP contribution in [-0.4, -0.2) is 38.3 Å². The Hall–Kier alpha value is -1.80. The molecule has 0 saturated carbocycles. The van der Waals surface area contributed by atoms with Crippen molar-refractivity contribution in [3.8, 4) is 5.75 Å². The zero-order valence-corrected chi connectivity index (χ0v) is 18.2. The lowest BCUT2D eigenvalue weighted by Crippen LogP contribution is -2.31. The number of amides is 1. The van der Waals surface area contributed by atoms with Gasteiger partial charge < -0.3 is 10.1 Å². The summed E-state index contributed by atoms with van der Waals surface area (Å²) in [6.07, 6.45) is 0. The molecule has 0 aliphatic rings. The topological polar surface area (TPSA) is 75.7 Å². The number of hydrogen-bond donors (Lipinski definition) is 1. The van der Waals surface area contributed by atoms with E-state index in [1.54, 1.807) is 32.0 Å². The lowest BCUT2D eigenvalue weighted by atomic mass is 10.2. The van der Waals surface area contributed by atoms with E-state index in [2.05, 4.69) is 5.32 Å². The fourth-order valence-corrected chi connectivity index (χ4v) is 4.59. The molecule has 0 bridgehead atoms. The van der Waals surface area contributed by atoms with Crippen LogP contribution < -0.4 is 10.1 Å². The van der Waals surface area contributed by atoms with Gasteiger partial charge in [0.25, 0.3) is 5.91 Å². The number of sulfonamides is 1. The van der Waals surface area contributed by atoms with Gasteiger partial charge in [-0.15, -0.1) is 0 Å². The maximum atomic E-state index is 12.9. The number of carbonyl (C=O) groups is 1. The number of rotatable bonds is 8. The van der Waals surface area contributed by atoms with E-state index >= 15 is 0 Å². The number of ether oxygens (including phenoxy) is 1. The van der Waals surface area contributed by atoms with Crippen molar-refractivity contribution in [1.29, 1.82) is 0 Å². The molecule has 28 heavy (non-hydrogen) atoms. The van der Waals surface area contributed by atoms with E-state index in [0.717, 1.165) is 5.56 Å². The van der Waals surface area contributed by atoms with Crippen molar-refractivity contribution >= 4 is 44.8 Å². The van der Waals surface area contributed by atoms with Crippen LogP contribution in [0.4, 0.5) is 5.69 Å². The van der Waals surface area contributed by atoms with E-state index in [1.165, 1.54) is 22.5 Å². The van der Waals surface area contributed by atoms with E-state index < -0.39 is 15.9 Å². The molecule has 0 spiro atoms. The molecular formula is C19H22Cl2N2O4S. The standard InChI is InChI=1S/C19H22Cl2N2O4S/c1-4-23(5-2)28(25,26)18-11-15(21)8-9-17(18)27-12-19(24)22-16-10-14(20)7-6-13(16)3/h6-11H,4-5,12H2,1-3H3,(H,22,24). The third-order valence-corrected chi connectivity index (χ3v) is 6.60. The van der Waals surface area contributed by atoms with Crippen LogP contribution in [0.2, 0.25) is 10.0 Å². The number of benzene rings is 2. The predicted molar refractivity (Wildman–Crippen MR) is 112 cm³/mol. The molecule has 0 aromatic heterocycles. The molecule has 0 unspecified atom stereocenters. The maximum absolute atomic E-state index is 12.9. The van der Waals surface area contributed by atoms with Crippen LogP contribution >= 0.6 is 23.2 Å². The Morgan fingerprint density at radius 1 is 1.07 bits per heavy atom. The molecule has 0 saturated heterocycles. The Morgan fingerprint density at radius 2 is 1.68 bits per heavy atom. The number of halogens is 2. The largest absolute Gasteiger partial charge is 0.482 e. The summed E-state index contributed by atoms with van der Waals surface area (Å²) in [7, 11) is -3.80. The molecule has 0 radical (unpaired) electrons. The van der Waals surface area contributed by atoms with Crippen molar-refractivity contribution in [2.45, 2.75) is 25.7 Å². The summed E-state index contributed by atoms with van der Waals surface area (Å²) in [6, 6.07) is 9.42. The molecule has 152 valence electrons. The second-order valence-corrected chi connectivity index (χ2v) is 8.76. The van der Waals surface area contributed by atoms with Crippen molar-refractivity contribution in [2.24, 2.45) is 0 Å². The Kier molecular flexibility index (Phi) is 7.71. The van der Waals surface area contributed by atoms with Gasteiger partial charge in [0.15, 0.2) is 6.61 Å². The van der Waals surface area contributed by atoms with Gasteiger partial charge in [-0.25, -0.2) is 8.42 Å². The molecule has 9 heteroatoms. The molecule has 2 aromatic rings. The van der Waals surface area contributed by atoms with Gasteiger partial charge in [0.1, 0.15) is 10.6 Å². The number of hydrogen-bond acceptors (Lipinski definition) is 4. The molecule has 2 rings (SSSR count). The predicted octanol–water partition coefficient (Wildman–Crippen LogP) is 4.35. The summed E-state index contributed by atoms with van der Waals surface area (Å²) in [4.78, 5) is 12.2. The summed E-state index contributed by atoms with van der Waals surface area (Å²) in [5, 5.41) is 3.46. The zero-order valence-electron chi connectivity index (χ0n) is 15.8. The summed E-state index contributed by atoms with van der Waals surface area (Å²) in [5.41, 5.74) is 1.40. The lowest BCUT2D eigenvalue weighted by molar-refractivity contribution is -0.118. The van der Waals surface area contributed by atoms with Gasteiger partial charge in [0.05, 0.1) is 0 Å². The molecule has 6 nitrogen and oxygen atoms in total. The first-order valence-electron chi connectivity index (χ1n) is 8.67. The van der Waals surface area contributed by atoms with Crippen LogP contribution in [0.5, 0.6) is 5.75 Å². The van der Waals surface area contributed by atoms with E-state index in [4.69, 9.17) is 27.9 Å². The highest BCUT2D eigenvalue weighted by Gasteiger charge is 2.26. The molecular weight excluding hydrogens is 423 g/mol. The molecule has 2 aromatic carbocycles. The fraction of sp³-hybridized carbons (Fsp3) is 0.316. The second-order valence-electron chi connectivity index (χ2n) is 5.98. The van der Waals surface area contributed by atoms with E-state index in [-0.39, 0.29) is 22.3 Å². The van der Waals surface area contributed by atoms with Crippen molar-refractivity contribution in [3.63, 3.8) is 0 Å². The molecule has 0 aliphatic heterocycles. The maximum Gasteiger partial charge on any atom is 0.262 e. The zero-order chi connectivity index (χ0) is 20.9. The first kappa shape index (κ1) is 22.5. The van der Waals surface area contributed by atoms with Crippen molar-refractivity contribution in [3.05, 3.63) is 52.0 Å². The Bertz CT molecular complexity index is 960. The van der Waals surface area contributed by atoms with Crippen LogP contribution in [0.1, 0.15) is 19.4 Å². The van der Waals surface area contributed by atoms with Crippen molar-refractivity contribution in [1.82, 2.24) is 4.31 Å². The van der Waals surface area contributed by atoms with Crippen LogP contribution in [0.15, 0.2) is 41.3 Å². The minimum Gasteiger partial charge on any atom is -0.482 e. The van der Waals surface area contributed by atoms with Gasteiger partial charge in [0, 0.05) is 28.8 Å². The summed E-state index contributed by atoms with van der Waals surface area (Å²) in [6.45, 7) is 5.56. The molecule has 0 heterocycles. The number of nitrogens with zero attached hydrogens (tertiary/aromatic N) is 1. The minimum absolute atomic E-state index is 0.0641. The quantitative estimate of drug-likeness (QED) is 0.656. The monoisotopic (exact) mass is 444 g/mol. The van der Waals surface area contributed by atoms with Gasteiger partial charge in [-0.2, -0.15) is 4.31 Å². The van der Waals surface area contributed by atoms with E-state index in [1.807, 2.05) is 6.92 Å². The number of aryl methyl sites for hydroxylation is 1. The summed E-state index contributed by atoms with van der Waals surface area (Å²) in [5.74, 6) is -0.374. The van der Waals surface area contributed by atoms with Crippen molar-refractivity contribution < 1.29 is 17.9 Å². The highest BCUT2D eigenvalue weighted by molar-refractivity contribution is 7.89. The fourth-order valence-electron chi connectivity index (χ4n) is 2.56. The lowest BCUT2D eigenvalue weighted by Gasteiger charge is -2.20. The number of nitrogens with one attached hydrogen (secondary N) is 1. The molecule has 0 fully saturated rings. The molecule has 1 N–H and O–H groups in total. The number of anilines is 1. The minimum atomic E-state index is -3.80. The average molecular weight is 445 g/mol. The van der Waals surface area contributed by atoms with Gasteiger partial charge >= 0.3 is 0 Å².